The van der Waals surface area contributed by atoms with Gasteiger partial charge in [0.25, 0.3) is 5.22 Å². The van der Waals surface area contributed by atoms with Crippen LogP contribution < -0.4 is 0 Å². The predicted octanol–water partition coefficient (Wildman–Crippen LogP) is 4.32. The Hall–Kier alpha value is -2.38. The third-order valence-corrected chi connectivity index (χ3v) is 4.72. The summed E-state index contributed by atoms with van der Waals surface area (Å²) < 4.78 is 5.68. The molecule has 0 aliphatic heterocycles. The van der Waals surface area contributed by atoms with E-state index in [0.29, 0.717) is 22.6 Å². The average molecular weight is 372 g/mol. The molecule has 8 heteroatoms. The van der Waals surface area contributed by atoms with E-state index in [1.807, 2.05) is 48.5 Å². The normalized spacial score (nSPS) is 11.2. The summed E-state index contributed by atoms with van der Waals surface area (Å²) >= 11 is 7.48. The van der Waals surface area contributed by atoms with E-state index >= 15 is 0 Å². The molecular weight excluding hydrogens is 358 g/mol. The van der Waals surface area contributed by atoms with Gasteiger partial charge in [0.2, 0.25) is 5.82 Å². The molecule has 0 saturated heterocycles. The zero-order chi connectivity index (χ0) is 17.1. The minimum Gasteiger partial charge on any atom is -0.431 e. The molecule has 2 heterocycles. The second-order valence-corrected chi connectivity index (χ2v) is 6.85. The van der Waals surface area contributed by atoms with E-state index in [1.54, 1.807) is 16.6 Å². The predicted molar refractivity (Wildman–Crippen MR) is 97.6 cm³/mol. The summed E-state index contributed by atoms with van der Waals surface area (Å²) in [6.45, 7) is 0.688. The zero-order valence-electron chi connectivity index (χ0n) is 13.2. The zero-order valence-corrected chi connectivity index (χ0v) is 14.7. The van der Waals surface area contributed by atoms with Crippen molar-refractivity contribution in [3.8, 4) is 11.4 Å². The number of benzene rings is 2. The second-order valence-electron chi connectivity index (χ2n) is 5.37. The van der Waals surface area contributed by atoms with Crippen LogP contribution in [0.5, 0.6) is 0 Å². The fourth-order valence-corrected chi connectivity index (χ4v) is 3.22. The molecule has 0 fully saturated rings. The molecular formula is C17H14ClN5OS. The number of fused-ring (bicyclic) bond motifs is 1. The van der Waals surface area contributed by atoms with Crippen molar-refractivity contribution in [2.45, 2.75) is 18.2 Å². The van der Waals surface area contributed by atoms with Gasteiger partial charge in [0.05, 0.1) is 6.54 Å². The van der Waals surface area contributed by atoms with E-state index in [2.05, 4.69) is 20.4 Å². The highest BCUT2D eigenvalue weighted by Gasteiger charge is 2.07. The fourth-order valence-electron chi connectivity index (χ4n) is 2.33. The Balaban J connectivity index is 1.31. The fraction of sp³-hybridized carbons (Fsp3) is 0.176. The molecule has 0 aliphatic rings. The van der Waals surface area contributed by atoms with Crippen molar-refractivity contribution in [3.05, 3.63) is 53.6 Å². The Kier molecular flexibility index (Phi) is 4.67. The highest BCUT2D eigenvalue weighted by molar-refractivity contribution is 7.99. The first-order chi connectivity index (χ1) is 12.3. The van der Waals surface area contributed by atoms with Crippen LogP contribution in [-0.4, -0.2) is 30.9 Å². The van der Waals surface area contributed by atoms with Crippen LogP contribution in [0, 0.1) is 0 Å². The number of para-hydroxylation sites is 2. The Bertz CT molecular complexity index is 949. The molecule has 25 heavy (non-hydrogen) atoms. The topological polar surface area (TPSA) is 69.6 Å². The van der Waals surface area contributed by atoms with Gasteiger partial charge >= 0.3 is 0 Å². The molecule has 2 aromatic heterocycles. The quantitative estimate of drug-likeness (QED) is 0.371. The van der Waals surface area contributed by atoms with Gasteiger partial charge in [-0.15, -0.1) is 10.2 Å². The number of hydrogen-bond donors (Lipinski definition) is 0. The number of oxazole rings is 1. The summed E-state index contributed by atoms with van der Waals surface area (Å²) in [4.78, 5) is 6.05. The van der Waals surface area contributed by atoms with Gasteiger partial charge in [0.15, 0.2) is 5.58 Å². The van der Waals surface area contributed by atoms with E-state index in [4.69, 9.17) is 16.0 Å². The molecule has 0 unspecified atom stereocenters. The first-order valence-corrected chi connectivity index (χ1v) is 9.16. The van der Waals surface area contributed by atoms with Gasteiger partial charge in [-0.25, -0.2) is 4.98 Å². The van der Waals surface area contributed by atoms with Crippen molar-refractivity contribution in [3.63, 3.8) is 0 Å². The second kappa shape index (κ2) is 7.25. The highest BCUT2D eigenvalue weighted by atomic mass is 35.5. The summed E-state index contributed by atoms with van der Waals surface area (Å²) in [6, 6.07) is 15.2. The van der Waals surface area contributed by atoms with Crippen LogP contribution in [0.1, 0.15) is 6.42 Å². The standard InChI is InChI=1S/C17H14ClN5OS/c18-13-8-6-12(7-9-13)16-20-22-23(21-16)10-3-11-25-17-19-14-4-1-2-5-15(14)24-17/h1-2,4-9H,3,10-11H2. The molecule has 4 rings (SSSR count). The molecule has 0 atom stereocenters. The first kappa shape index (κ1) is 16.1. The maximum absolute atomic E-state index is 5.89. The van der Waals surface area contributed by atoms with Gasteiger partial charge < -0.3 is 4.42 Å². The van der Waals surface area contributed by atoms with Crippen molar-refractivity contribution >= 4 is 34.5 Å². The Labute approximate surface area is 153 Å². The molecule has 2 aromatic carbocycles. The van der Waals surface area contributed by atoms with Gasteiger partial charge in [-0.05, 0) is 48.0 Å². The minimum atomic E-state index is 0.600. The van der Waals surface area contributed by atoms with Crippen LogP contribution >= 0.6 is 23.4 Å². The number of aryl methyl sites for hydroxylation is 1. The Morgan fingerprint density at radius 2 is 1.92 bits per heavy atom. The van der Waals surface area contributed by atoms with Crippen LogP contribution in [0.15, 0.2) is 58.2 Å². The van der Waals surface area contributed by atoms with Crippen molar-refractivity contribution in [2.75, 3.05) is 5.75 Å². The van der Waals surface area contributed by atoms with Crippen molar-refractivity contribution < 1.29 is 4.42 Å². The monoisotopic (exact) mass is 371 g/mol. The van der Waals surface area contributed by atoms with Gasteiger partial charge in [0.1, 0.15) is 5.52 Å². The maximum atomic E-state index is 5.89. The largest absolute Gasteiger partial charge is 0.431 e. The number of tetrazole rings is 1. The lowest BCUT2D eigenvalue weighted by Crippen LogP contribution is -2.03. The third-order valence-electron chi connectivity index (χ3n) is 3.56. The number of aromatic nitrogens is 5. The molecule has 0 saturated carbocycles. The number of thioether (sulfide) groups is 1. The molecule has 6 nitrogen and oxygen atoms in total. The Morgan fingerprint density at radius 3 is 2.76 bits per heavy atom. The van der Waals surface area contributed by atoms with Crippen LogP contribution in [0.3, 0.4) is 0 Å². The average Bonchev–Trinajstić information content (AvgIpc) is 3.26. The molecule has 4 aromatic rings. The van der Waals surface area contributed by atoms with Crippen LogP contribution in [0.4, 0.5) is 0 Å². The van der Waals surface area contributed by atoms with Gasteiger partial charge in [-0.2, -0.15) is 4.80 Å². The SMILES string of the molecule is Clc1ccc(-c2nnn(CCCSc3nc4ccccc4o3)n2)cc1. The first-order valence-electron chi connectivity index (χ1n) is 7.80. The lowest BCUT2D eigenvalue weighted by atomic mass is 10.2. The Morgan fingerprint density at radius 1 is 1.08 bits per heavy atom. The lowest BCUT2D eigenvalue weighted by Gasteiger charge is -1.97. The summed E-state index contributed by atoms with van der Waals surface area (Å²) in [5, 5.41) is 13.9. The lowest BCUT2D eigenvalue weighted by molar-refractivity contribution is 0.487. The van der Waals surface area contributed by atoms with Gasteiger partial charge in [-0.1, -0.05) is 35.5 Å². The summed E-state index contributed by atoms with van der Waals surface area (Å²) in [6.07, 6.45) is 0.889. The molecule has 0 bridgehead atoms. The molecule has 0 amide bonds. The summed E-state index contributed by atoms with van der Waals surface area (Å²) in [7, 11) is 0. The van der Waals surface area contributed by atoms with Crippen molar-refractivity contribution in [1.29, 1.82) is 0 Å². The number of nitrogens with zero attached hydrogens (tertiary/aromatic N) is 5. The van der Waals surface area contributed by atoms with Crippen molar-refractivity contribution in [1.82, 2.24) is 25.2 Å². The third kappa shape index (κ3) is 3.83. The summed E-state index contributed by atoms with van der Waals surface area (Å²) in [5.74, 6) is 1.47. The molecule has 0 radical (unpaired) electrons. The van der Waals surface area contributed by atoms with Gasteiger partial charge in [-0.3, -0.25) is 0 Å². The number of hydrogen-bond acceptors (Lipinski definition) is 6. The molecule has 0 spiro atoms. The van der Waals surface area contributed by atoms with Crippen LogP contribution in [0.2, 0.25) is 5.02 Å². The van der Waals surface area contributed by atoms with Crippen LogP contribution in [0.25, 0.3) is 22.5 Å². The highest BCUT2D eigenvalue weighted by Crippen LogP contribution is 2.23. The minimum absolute atomic E-state index is 0.600. The molecule has 0 N–H and O–H groups in total. The smallest absolute Gasteiger partial charge is 0.256 e. The summed E-state index contributed by atoms with van der Waals surface area (Å²) in [5.41, 5.74) is 2.60. The van der Waals surface area contributed by atoms with E-state index < -0.39 is 0 Å². The number of rotatable bonds is 6. The van der Waals surface area contributed by atoms with Crippen molar-refractivity contribution in [2.24, 2.45) is 0 Å². The van der Waals surface area contributed by atoms with E-state index in [1.165, 1.54) is 0 Å². The molecule has 126 valence electrons. The maximum Gasteiger partial charge on any atom is 0.256 e. The van der Waals surface area contributed by atoms with Gasteiger partial charge in [0, 0.05) is 16.3 Å². The van der Waals surface area contributed by atoms with E-state index in [-0.39, 0.29) is 0 Å². The molecule has 0 aliphatic carbocycles. The van der Waals surface area contributed by atoms with Crippen LogP contribution in [-0.2, 0) is 6.54 Å². The number of halogens is 1. The van der Waals surface area contributed by atoms with E-state index in [9.17, 15) is 0 Å². The van der Waals surface area contributed by atoms with E-state index in [0.717, 1.165) is 28.8 Å².